The van der Waals surface area contributed by atoms with E-state index in [4.69, 9.17) is 9.53 Å². The average Bonchev–Trinajstić information content (AvgIpc) is 3.98. The zero-order chi connectivity index (χ0) is 46.1. The standard InChI is InChI=1S/C41H64O5.C10H14.C2H4O.C2H6/c1-11-26(4)41-20-12-19-39(9)21-17-30-38(7,8)32(46-33(43)24-37(5,6)36(44)45)18-22-40(30,10)31(39)16-15-28(27-13-14-27)35(41)34(25(2)3)29(42)23-41;1-3-4-10-7-5-9(2)6-8-10;1-2-3;1-2/h13,25-26,28,30-32H,11-12,14-24H2,1-10H3,(H,44,45);5-8H,3-4H2,1-2H3;2H,1H3;1-2H3. The van der Waals surface area contributed by atoms with Gasteiger partial charge in [0.05, 0.1) is 11.8 Å². The molecule has 3 fully saturated rings. The van der Waals surface area contributed by atoms with Gasteiger partial charge in [-0.25, -0.2) is 0 Å². The molecule has 6 rings (SSSR count). The molecule has 1 aromatic rings. The highest BCUT2D eigenvalue weighted by Gasteiger charge is 2.62. The van der Waals surface area contributed by atoms with E-state index in [-0.39, 0.29) is 46.1 Å². The lowest BCUT2D eigenvalue weighted by Crippen LogP contribution is -2.59. The molecule has 1 aromatic carbocycles. The Kier molecular flexibility index (Phi) is 18.5. The quantitative estimate of drug-likeness (QED) is 0.143. The number of allylic oxidation sites excluding steroid dienone is 4. The molecule has 6 heteroatoms. The lowest BCUT2D eigenvalue weighted by Gasteiger charge is -2.64. The van der Waals surface area contributed by atoms with E-state index in [1.807, 2.05) is 13.8 Å². The summed E-state index contributed by atoms with van der Waals surface area (Å²) >= 11 is 0. The second-order valence-electron chi connectivity index (χ2n) is 21.5. The number of ether oxygens (including phenoxy) is 1. The molecular formula is C55H88O6. The Labute approximate surface area is 372 Å². The third-order valence-electron chi connectivity index (χ3n) is 16.3. The summed E-state index contributed by atoms with van der Waals surface area (Å²) in [6.45, 7) is 32.0. The predicted octanol–water partition coefficient (Wildman–Crippen LogP) is 14.3. The molecule has 0 heterocycles. The van der Waals surface area contributed by atoms with Crippen LogP contribution in [0.3, 0.4) is 0 Å². The van der Waals surface area contributed by atoms with Crippen LogP contribution >= 0.6 is 0 Å². The molecule has 0 aliphatic heterocycles. The van der Waals surface area contributed by atoms with E-state index in [0.717, 1.165) is 51.2 Å². The van der Waals surface area contributed by atoms with Gasteiger partial charge in [-0.2, -0.15) is 0 Å². The Bertz CT molecular complexity index is 1710. The number of aryl methyl sites for hydroxylation is 2. The Morgan fingerprint density at radius 2 is 1.52 bits per heavy atom. The molecule has 0 radical (unpaired) electrons. The first-order valence-electron chi connectivity index (χ1n) is 24.4. The fourth-order valence-corrected chi connectivity index (χ4v) is 12.9. The Balaban J connectivity index is 0.000000564. The maximum atomic E-state index is 13.9. The fourth-order valence-electron chi connectivity index (χ4n) is 12.9. The van der Waals surface area contributed by atoms with Crippen molar-refractivity contribution in [2.45, 2.75) is 206 Å². The van der Waals surface area contributed by atoms with Crippen molar-refractivity contribution in [2.24, 2.45) is 56.7 Å². The minimum Gasteiger partial charge on any atom is -0.481 e. The van der Waals surface area contributed by atoms with Gasteiger partial charge < -0.3 is 14.6 Å². The normalized spacial score (nSPS) is 30.8. The van der Waals surface area contributed by atoms with E-state index < -0.39 is 11.4 Å². The van der Waals surface area contributed by atoms with Gasteiger partial charge in [-0.05, 0) is 143 Å². The predicted molar refractivity (Wildman–Crippen MR) is 252 cm³/mol. The smallest absolute Gasteiger partial charge is 0.309 e. The molecule has 0 aromatic heterocycles. The summed E-state index contributed by atoms with van der Waals surface area (Å²) in [6.07, 6.45) is 18.3. The SMILES string of the molecule is CC.CC=O.CCC(C)C12CCCC3(C)CCC4C(C)(C)C(OC(=O)CC(C)(C)C(=O)O)CCC4(C)C3CCC(C3=CC3)C1=C(C(C)C)C(=O)C2.CCCc1ccc(C)cc1. The summed E-state index contributed by atoms with van der Waals surface area (Å²) in [4.78, 5) is 47.5. The minimum absolute atomic E-state index is 0.00294. The molecular weight excluding hydrogens is 757 g/mol. The zero-order valence-electron chi connectivity index (χ0n) is 41.5. The van der Waals surface area contributed by atoms with Crippen molar-refractivity contribution < 1.29 is 29.0 Å². The molecule has 0 spiro atoms. The number of carboxylic acids is 1. The molecule has 5 aliphatic carbocycles. The Hall–Kier alpha value is -3.02. The van der Waals surface area contributed by atoms with Gasteiger partial charge in [0.2, 0.25) is 0 Å². The maximum absolute atomic E-state index is 13.9. The number of carbonyl (C=O) groups is 4. The number of rotatable bonds is 10. The molecule has 61 heavy (non-hydrogen) atoms. The van der Waals surface area contributed by atoms with Crippen molar-refractivity contribution in [3.8, 4) is 0 Å². The lowest BCUT2D eigenvalue weighted by molar-refractivity contribution is -0.197. The topological polar surface area (TPSA) is 97.7 Å². The molecule has 0 saturated heterocycles. The number of aliphatic carboxylic acids is 1. The summed E-state index contributed by atoms with van der Waals surface area (Å²) in [7, 11) is 0. The summed E-state index contributed by atoms with van der Waals surface area (Å²) in [6, 6.07) is 8.76. The molecule has 1 N–H and O–H groups in total. The molecule has 344 valence electrons. The van der Waals surface area contributed by atoms with Gasteiger partial charge in [-0.3, -0.25) is 14.4 Å². The van der Waals surface area contributed by atoms with Gasteiger partial charge in [0.25, 0.3) is 0 Å². The fraction of sp³-hybridized carbons (Fsp3) is 0.745. The molecule has 3 saturated carbocycles. The van der Waals surface area contributed by atoms with Gasteiger partial charge in [0, 0.05) is 23.2 Å². The molecule has 8 atom stereocenters. The van der Waals surface area contributed by atoms with Crippen LogP contribution in [0.15, 0.2) is 47.1 Å². The summed E-state index contributed by atoms with van der Waals surface area (Å²) in [5.74, 6) is 1.22. The Morgan fingerprint density at radius 3 is 2.05 bits per heavy atom. The van der Waals surface area contributed by atoms with Gasteiger partial charge in [-0.15, -0.1) is 0 Å². The molecule has 5 aliphatic rings. The van der Waals surface area contributed by atoms with E-state index in [1.165, 1.54) is 62.1 Å². The molecule has 8 unspecified atom stereocenters. The first kappa shape index (κ1) is 52.3. The van der Waals surface area contributed by atoms with Crippen molar-refractivity contribution in [1.82, 2.24) is 0 Å². The van der Waals surface area contributed by atoms with Crippen molar-refractivity contribution in [1.29, 1.82) is 0 Å². The van der Waals surface area contributed by atoms with Crippen molar-refractivity contribution >= 4 is 24.0 Å². The van der Waals surface area contributed by atoms with Crippen LogP contribution in [0.2, 0.25) is 0 Å². The number of ketones is 1. The molecule has 6 nitrogen and oxygen atoms in total. The number of hydrogen-bond acceptors (Lipinski definition) is 5. The molecule has 0 amide bonds. The number of aldehydes is 1. The zero-order valence-corrected chi connectivity index (χ0v) is 41.5. The van der Waals surface area contributed by atoms with E-state index in [2.05, 4.69) is 99.6 Å². The van der Waals surface area contributed by atoms with Crippen LogP contribution in [0.5, 0.6) is 0 Å². The van der Waals surface area contributed by atoms with E-state index in [9.17, 15) is 19.5 Å². The number of esters is 1. The van der Waals surface area contributed by atoms with Crippen LogP contribution in [-0.2, 0) is 30.3 Å². The van der Waals surface area contributed by atoms with Crippen molar-refractivity contribution in [3.05, 3.63) is 58.2 Å². The van der Waals surface area contributed by atoms with Crippen LogP contribution in [0, 0.1) is 63.6 Å². The van der Waals surface area contributed by atoms with Gasteiger partial charge in [-0.1, -0.05) is 137 Å². The highest BCUT2D eigenvalue weighted by atomic mass is 16.5. The first-order valence-corrected chi connectivity index (χ1v) is 24.4. The van der Waals surface area contributed by atoms with Gasteiger partial charge in [0.15, 0.2) is 5.78 Å². The highest BCUT2D eigenvalue weighted by molar-refractivity contribution is 6.00. The lowest BCUT2D eigenvalue weighted by atomic mass is 9.41. The van der Waals surface area contributed by atoms with E-state index in [1.54, 1.807) is 25.0 Å². The second kappa shape index (κ2) is 21.6. The minimum atomic E-state index is -1.14. The number of hydrogen-bond donors (Lipinski definition) is 1. The number of carboxylic acid groups (broad SMARTS) is 1. The van der Waals surface area contributed by atoms with Crippen LogP contribution in [0.4, 0.5) is 0 Å². The van der Waals surface area contributed by atoms with Crippen LogP contribution < -0.4 is 0 Å². The largest absolute Gasteiger partial charge is 0.481 e. The number of fused-ring (bicyclic) bond motifs is 4. The number of Topliss-reactive ketones (excluding diaryl/α,β-unsaturated/α-hetero) is 1. The maximum Gasteiger partial charge on any atom is 0.309 e. The van der Waals surface area contributed by atoms with Gasteiger partial charge in [0.1, 0.15) is 12.4 Å². The monoisotopic (exact) mass is 845 g/mol. The third-order valence-corrected chi connectivity index (χ3v) is 16.3. The number of benzene rings is 1. The van der Waals surface area contributed by atoms with Crippen LogP contribution in [0.25, 0.3) is 0 Å². The van der Waals surface area contributed by atoms with Crippen molar-refractivity contribution in [2.75, 3.05) is 0 Å². The van der Waals surface area contributed by atoms with Crippen LogP contribution in [0.1, 0.15) is 198 Å². The summed E-state index contributed by atoms with van der Waals surface area (Å²) < 4.78 is 6.17. The van der Waals surface area contributed by atoms with E-state index in [0.29, 0.717) is 35.9 Å². The number of carbonyl (C=O) groups excluding carboxylic acids is 3. The summed E-state index contributed by atoms with van der Waals surface area (Å²) in [5.41, 5.74) is 6.16. The van der Waals surface area contributed by atoms with Crippen LogP contribution in [-0.4, -0.2) is 35.2 Å². The highest BCUT2D eigenvalue weighted by Crippen LogP contribution is 2.68. The van der Waals surface area contributed by atoms with Gasteiger partial charge >= 0.3 is 11.9 Å². The molecule has 0 bridgehead atoms. The average molecular weight is 845 g/mol. The van der Waals surface area contributed by atoms with Crippen molar-refractivity contribution in [3.63, 3.8) is 0 Å². The summed E-state index contributed by atoms with van der Waals surface area (Å²) in [5, 5.41) is 9.59. The van der Waals surface area contributed by atoms with E-state index >= 15 is 0 Å². The first-order chi connectivity index (χ1) is 28.6. The third kappa shape index (κ3) is 11.6. The Morgan fingerprint density at radius 1 is 0.918 bits per heavy atom. The second-order valence-corrected chi connectivity index (χ2v) is 21.5.